The SMILES string of the molecule is O=C(Nc1ccc(C(=O)O)nc1)NC1CCN2CCCC12. The van der Waals surface area contributed by atoms with Crippen LogP contribution in [0.5, 0.6) is 0 Å². The van der Waals surface area contributed by atoms with Crippen LogP contribution < -0.4 is 10.6 Å². The summed E-state index contributed by atoms with van der Waals surface area (Å²) in [5.41, 5.74) is 0.442. The van der Waals surface area contributed by atoms with Gasteiger partial charge in [0, 0.05) is 18.6 Å². The van der Waals surface area contributed by atoms with Crippen LogP contribution in [0.1, 0.15) is 29.8 Å². The molecular formula is C14H18N4O3. The number of carbonyl (C=O) groups excluding carboxylic acids is 1. The van der Waals surface area contributed by atoms with E-state index in [1.54, 1.807) is 0 Å². The zero-order chi connectivity index (χ0) is 14.8. The Bertz CT molecular complexity index is 546. The van der Waals surface area contributed by atoms with E-state index in [4.69, 9.17) is 5.11 Å². The molecule has 3 N–H and O–H groups in total. The summed E-state index contributed by atoms with van der Waals surface area (Å²) in [5, 5.41) is 14.5. The summed E-state index contributed by atoms with van der Waals surface area (Å²) in [6.07, 6.45) is 4.67. The first-order chi connectivity index (χ1) is 10.1. The molecule has 2 fully saturated rings. The molecule has 1 aromatic rings. The van der Waals surface area contributed by atoms with E-state index < -0.39 is 5.97 Å². The zero-order valence-electron chi connectivity index (χ0n) is 11.6. The first kappa shape index (κ1) is 13.8. The fourth-order valence-corrected chi connectivity index (χ4v) is 3.18. The van der Waals surface area contributed by atoms with E-state index in [0.29, 0.717) is 11.7 Å². The third kappa shape index (κ3) is 2.97. The molecule has 112 valence electrons. The van der Waals surface area contributed by atoms with Crippen LogP contribution >= 0.6 is 0 Å². The predicted molar refractivity (Wildman–Crippen MR) is 76.4 cm³/mol. The van der Waals surface area contributed by atoms with Crippen molar-refractivity contribution in [1.29, 1.82) is 0 Å². The minimum atomic E-state index is -1.08. The van der Waals surface area contributed by atoms with Gasteiger partial charge in [-0.15, -0.1) is 0 Å². The summed E-state index contributed by atoms with van der Waals surface area (Å²) in [6, 6.07) is 3.29. The monoisotopic (exact) mass is 290 g/mol. The van der Waals surface area contributed by atoms with E-state index in [0.717, 1.165) is 25.9 Å². The van der Waals surface area contributed by atoms with E-state index in [2.05, 4.69) is 20.5 Å². The van der Waals surface area contributed by atoms with Crippen LogP contribution in [0.25, 0.3) is 0 Å². The third-order valence-corrected chi connectivity index (χ3v) is 4.16. The molecule has 0 aliphatic carbocycles. The molecule has 2 amide bonds. The number of carbonyl (C=O) groups is 2. The van der Waals surface area contributed by atoms with E-state index >= 15 is 0 Å². The van der Waals surface area contributed by atoms with Crippen LogP contribution in [0.15, 0.2) is 18.3 Å². The largest absolute Gasteiger partial charge is 0.477 e. The van der Waals surface area contributed by atoms with Crippen molar-refractivity contribution in [3.05, 3.63) is 24.0 Å². The number of fused-ring (bicyclic) bond motifs is 1. The number of carboxylic acid groups (broad SMARTS) is 1. The van der Waals surface area contributed by atoms with Crippen molar-refractivity contribution in [2.75, 3.05) is 18.4 Å². The average Bonchev–Trinajstić information content (AvgIpc) is 3.04. The number of hydrogen-bond donors (Lipinski definition) is 3. The normalized spacial score (nSPS) is 24.6. The van der Waals surface area contributed by atoms with E-state index in [-0.39, 0.29) is 17.8 Å². The van der Waals surface area contributed by atoms with Crippen LogP contribution in [0.4, 0.5) is 10.5 Å². The Kier molecular flexibility index (Phi) is 3.74. The summed E-state index contributed by atoms with van der Waals surface area (Å²) >= 11 is 0. The van der Waals surface area contributed by atoms with Gasteiger partial charge in [0.1, 0.15) is 5.69 Å². The Morgan fingerprint density at radius 3 is 2.86 bits per heavy atom. The third-order valence-electron chi connectivity index (χ3n) is 4.16. The molecule has 7 heteroatoms. The highest BCUT2D eigenvalue weighted by Crippen LogP contribution is 2.27. The van der Waals surface area contributed by atoms with Crippen molar-refractivity contribution >= 4 is 17.7 Å². The molecule has 0 saturated carbocycles. The molecule has 2 unspecified atom stereocenters. The molecule has 3 rings (SSSR count). The van der Waals surface area contributed by atoms with Crippen molar-refractivity contribution in [2.45, 2.75) is 31.3 Å². The number of aromatic carboxylic acids is 1. The van der Waals surface area contributed by atoms with Gasteiger partial charge in [-0.05, 0) is 37.9 Å². The van der Waals surface area contributed by atoms with Crippen LogP contribution in [0.2, 0.25) is 0 Å². The summed E-state index contributed by atoms with van der Waals surface area (Å²) in [4.78, 5) is 28.9. The van der Waals surface area contributed by atoms with E-state index in [9.17, 15) is 9.59 Å². The summed E-state index contributed by atoms with van der Waals surface area (Å²) in [7, 11) is 0. The number of pyridine rings is 1. The van der Waals surface area contributed by atoms with Gasteiger partial charge in [-0.2, -0.15) is 0 Å². The van der Waals surface area contributed by atoms with Crippen LogP contribution in [0.3, 0.4) is 0 Å². The standard InChI is InChI=1S/C14H18N4O3/c19-13(20)11-4-3-9(8-15-11)16-14(21)17-10-5-7-18-6-1-2-12(10)18/h3-4,8,10,12H,1-2,5-7H2,(H,19,20)(H2,16,17,21). The minimum Gasteiger partial charge on any atom is -0.477 e. The Morgan fingerprint density at radius 2 is 2.14 bits per heavy atom. The molecule has 0 spiro atoms. The zero-order valence-corrected chi connectivity index (χ0v) is 11.6. The summed E-state index contributed by atoms with van der Waals surface area (Å²) in [5.74, 6) is -1.08. The maximum atomic E-state index is 12.0. The van der Waals surface area contributed by atoms with Crippen molar-refractivity contribution in [3.8, 4) is 0 Å². The van der Waals surface area contributed by atoms with E-state index in [1.165, 1.54) is 24.8 Å². The number of amides is 2. The fourth-order valence-electron chi connectivity index (χ4n) is 3.18. The number of nitrogens with one attached hydrogen (secondary N) is 2. The molecule has 2 aliphatic rings. The Morgan fingerprint density at radius 1 is 1.29 bits per heavy atom. The second kappa shape index (κ2) is 5.69. The van der Waals surface area contributed by atoms with Crippen LogP contribution in [-0.2, 0) is 0 Å². The van der Waals surface area contributed by atoms with Crippen molar-refractivity contribution in [3.63, 3.8) is 0 Å². The molecule has 0 bridgehead atoms. The maximum Gasteiger partial charge on any atom is 0.354 e. The Hall–Kier alpha value is -2.15. The van der Waals surface area contributed by atoms with Crippen LogP contribution in [0, 0.1) is 0 Å². The van der Waals surface area contributed by atoms with Gasteiger partial charge in [0.25, 0.3) is 0 Å². The van der Waals surface area contributed by atoms with Gasteiger partial charge in [-0.3, -0.25) is 4.90 Å². The maximum absolute atomic E-state index is 12.0. The Labute approximate surface area is 122 Å². The second-order valence-electron chi connectivity index (χ2n) is 5.48. The molecule has 1 aromatic heterocycles. The number of anilines is 1. The number of aromatic nitrogens is 1. The molecule has 7 nitrogen and oxygen atoms in total. The van der Waals surface area contributed by atoms with Crippen molar-refractivity contribution in [1.82, 2.24) is 15.2 Å². The lowest BCUT2D eigenvalue weighted by Gasteiger charge is -2.21. The smallest absolute Gasteiger partial charge is 0.354 e. The number of nitrogens with zero attached hydrogens (tertiary/aromatic N) is 2. The lowest BCUT2D eigenvalue weighted by Crippen LogP contribution is -2.44. The molecule has 0 aromatic carbocycles. The molecule has 0 radical (unpaired) electrons. The minimum absolute atomic E-state index is 0.0432. The summed E-state index contributed by atoms with van der Waals surface area (Å²) in [6.45, 7) is 2.18. The predicted octanol–water partition coefficient (Wildman–Crippen LogP) is 1.14. The Balaban J connectivity index is 1.55. The first-order valence-corrected chi connectivity index (χ1v) is 7.14. The number of carboxylic acids is 1. The number of urea groups is 1. The molecular weight excluding hydrogens is 272 g/mol. The molecule has 2 aliphatic heterocycles. The van der Waals surface area contributed by atoms with Gasteiger partial charge in [-0.1, -0.05) is 0 Å². The molecule has 21 heavy (non-hydrogen) atoms. The van der Waals surface area contributed by atoms with Gasteiger partial charge < -0.3 is 15.7 Å². The quantitative estimate of drug-likeness (QED) is 0.776. The highest BCUT2D eigenvalue weighted by molar-refractivity contribution is 5.90. The first-order valence-electron chi connectivity index (χ1n) is 7.14. The van der Waals surface area contributed by atoms with Gasteiger partial charge in [0.05, 0.1) is 11.9 Å². The molecule has 3 heterocycles. The topological polar surface area (TPSA) is 94.6 Å². The highest BCUT2D eigenvalue weighted by atomic mass is 16.4. The number of rotatable bonds is 3. The molecule has 2 atom stereocenters. The highest BCUT2D eigenvalue weighted by Gasteiger charge is 2.37. The molecule has 2 saturated heterocycles. The summed E-state index contributed by atoms with van der Waals surface area (Å²) < 4.78 is 0. The van der Waals surface area contributed by atoms with Gasteiger partial charge in [-0.25, -0.2) is 14.6 Å². The fraction of sp³-hybridized carbons (Fsp3) is 0.500. The van der Waals surface area contributed by atoms with Crippen molar-refractivity contribution < 1.29 is 14.7 Å². The van der Waals surface area contributed by atoms with E-state index in [1.807, 2.05) is 0 Å². The lowest BCUT2D eigenvalue weighted by atomic mass is 10.1. The second-order valence-corrected chi connectivity index (χ2v) is 5.48. The van der Waals surface area contributed by atoms with Gasteiger partial charge in [0.2, 0.25) is 0 Å². The van der Waals surface area contributed by atoms with Gasteiger partial charge in [0.15, 0.2) is 0 Å². The van der Waals surface area contributed by atoms with Crippen LogP contribution in [-0.4, -0.2) is 52.2 Å². The lowest BCUT2D eigenvalue weighted by molar-refractivity contribution is 0.0690. The average molecular weight is 290 g/mol. The number of hydrogen-bond acceptors (Lipinski definition) is 4. The van der Waals surface area contributed by atoms with Gasteiger partial charge >= 0.3 is 12.0 Å². The van der Waals surface area contributed by atoms with Crippen molar-refractivity contribution in [2.24, 2.45) is 0 Å².